The number of hydrogen-bond donors (Lipinski definition) is 2. The number of aromatic nitrogens is 1. The SMILES string of the molecule is C[C@@H](c1ccc(-c2ccc(=O)[nH]c2)cc1)N1CCC(CC(C)(C)NS(C)(=O)=O)(c2ccccc2)OC1=O. The molecule has 9 heteroatoms. The lowest BCUT2D eigenvalue weighted by molar-refractivity contribution is -0.0749. The number of aromatic amines is 1. The van der Waals surface area contributed by atoms with E-state index in [9.17, 15) is 18.0 Å². The maximum atomic E-state index is 13.4. The van der Waals surface area contributed by atoms with Crippen LogP contribution < -0.4 is 10.3 Å². The lowest BCUT2D eigenvalue weighted by Crippen LogP contribution is -2.54. The van der Waals surface area contributed by atoms with Gasteiger partial charge in [-0.25, -0.2) is 17.9 Å². The van der Waals surface area contributed by atoms with Gasteiger partial charge in [0, 0.05) is 37.2 Å². The van der Waals surface area contributed by atoms with Crippen molar-refractivity contribution >= 4 is 16.1 Å². The van der Waals surface area contributed by atoms with Crippen molar-refractivity contribution in [1.82, 2.24) is 14.6 Å². The molecule has 2 atom stereocenters. The van der Waals surface area contributed by atoms with Crippen LogP contribution >= 0.6 is 0 Å². The summed E-state index contributed by atoms with van der Waals surface area (Å²) in [7, 11) is -3.46. The van der Waals surface area contributed by atoms with Gasteiger partial charge in [0.05, 0.1) is 12.3 Å². The van der Waals surface area contributed by atoms with Crippen LogP contribution in [0.5, 0.6) is 0 Å². The molecular weight excluding hydrogens is 490 g/mol. The minimum Gasteiger partial charge on any atom is -0.438 e. The maximum absolute atomic E-state index is 13.4. The summed E-state index contributed by atoms with van der Waals surface area (Å²) in [6.07, 6.45) is 3.16. The molecule has 3 aromatic rings. The monoisotopic (exact) mass is 523 g/mol. The first-order valence-corrected chi connectivity index (χ1v) is 14.1. The van der Waals surface area contributed by atoms with E-state index in [1.807, 2.05) is 61.5 Å². The van der Waals surface area contributed by atoms with Crippen LogP contribution in [0.1, 0.15) is 50.8 Å². The molecule has 8 nitrogen and oxygen atoms in total. The van der Waals surface area contributed by atoms with Crippen LogP contribution in [0.3, 0.4) is 0 Å². The molecule has 196 valence electrons. The molecule has 1 fully saturated rings. The highest BCUT2D eigenvalue weighted by molar-refractivity contribution is 7.88. The Bertz CT molecular complexity index is 1400. The van der Waals surface area contributed by atoms with Gasteiger partial charge in [-0.05, 0) is 49.1 Å². The maximum Gasteiger partial charge on any atom is 0.411 e. The molecular formula is C28H33N3O5S. The van der Waals surface area contributed by atoms with Gasteiger partial charge in [-0.1, -0.05) is 54.6 Å². The standard InChI is InChI=1S/C28H33N3O5S/c1-20(21-10-12-22(13-11-21)23-14-15-25(32)29-18-23)31-17-16-28(36-26(31)33,24-8-6-5-7-9-24)19-27(2,3)30-37(4,34)35/h5-15,18,20,30H,16-17,19H2,1-4H3,(H,29,32)/t20-,28?/m0/s1. The molecule has 0 bridgehead atoms. The number of carbonyl (C=O) groups is 1. The Balaban J connectivity index is 1.55. The highest BCUT2D eigenvalue weighted by Crippen LogP contribution is 2.42. The van der Waals surface area contributed by atoms with E-state index < -0.39 is 27.3 Å². The number of hydrogen-bond acceptors (Lipinski definition) is 5. The van der Waals surface area contributed by atoms with Gasteiger partial charge in [0.15, 0.2) is 0 Å². The minimum atomic E-state index is -3.46. The van der Waals surface area contributed by atoms with E-state index in [1.165, 1.54) is 6.07 Å². The minimum absolute atomic E-state index is 0.153. The van der Waals surface area contributed by atoms with Crippen molar-refractivity contribution in [1.29, 1.82) is 0 Å². The number of pyridine rings is 1. The fraction of sp³-hybridized carbons (Fsp3) is 0.357. The van der Waals surface area contributed by atoms with Crippen LogP contribution in [-0.2, 0) is 20.4 Å². The highest BCUT2D eigenvalue weighted by Gasteiger charge is 2.47. The molecule has 2 N–H and O–H groups in total. The van der Waals surface area contributed by atoms with Gasteiger partial charge >= 0.3 is 6.09 Å². The number of nitrogens with zero attached hydrogens (tertiary/aromatic N) is 1. The zero-order chi connectivity index (χ0) is 26.8. The lowest BCUT2D eigenvalue weighted by atomic mass is 9.79. The van der Waals surface area contributed by atoms with Gasteiger partial charge in [-0.2, -0.15) is 0 Å². The lowest BCUT2D eigenvalue weighted by Gasteiger charge is -2.46. The Kier molecular flexibility index (Phi) is 7.30. The summed E-state index contributed by atoms with van der Waals surface area (Å²) < 4.78 is 32.8. The first-order valence-electron chi connectivity index (χ1n) is 12.2. The van der Waals surface area contributed by atoms with Crippen LogP contribution in [0.4, 0.5) is 4.79 Å². The zero-order valence-corrected chi connectivity index (χ0v) is 22.3. The van der Waals surface area contributed by atoms with Crippen molar-refractivity contribution in [3.8, 4) is 11.1 Å². The van der Waals surface area contributed by atoms with E-state index in [2.05, 4.69) is 9.71 Å². The van der Waals surface area contributed by atoms with Crippen molar-refractivity contribution in [3.05, 3.63) is 94.4 Å². The summed E-state index contributed by atoms with van der Waals surface area (Å²) in [6.45, 7) is 6.00. The average Bonchev–Trinajstić information content (AvgIpc) is 2.83. The van der Waals surface area contributed by atoms with E-state index in [0.29, 0.717) is 19.4 Å². The third kappa shape index (κ3) is 6.29. The van der Waals surface area contributed by atoms with E-state index >= 15 is 0 Å². The molecule has 0 spiro atoms. The largest absolute Gasteiger partial charge is 0.438 e. The van der Waals surface area contributed by atoms with Crippen LogP contribution in [0.2, 0.25) is 0 Å². The second-order valence-corrected chi connectivity index (χ2v) is 12.1. The van der Waals surface area contributed by atoms with Crippen molar-refractivity contribution in [2.45, 2.75) is 50.8 Å². The van der Waals surface area contributed by atoms with Gasteiger partial charge < -0.3 is 14.6 Å². The molecule has 4 rings (SSSR count). The number of amides is 1. The van der Waals surface area contributed by atoms with Crippen molar-refractivity contribution < 1.29 is 17.9 Å². The molecule has 2 aromatic carbocycles. The Hall–Kier alpha value is -3.43. The molecule has 2 heterocycles. The molecule has 1 saturated heterocycles. The number of ether oxygens (including phenoxy) is 1. The summed E-state index contributed by atoms with van der Waals surface area (Å²) in [5, 5.41) is 0. The fourth-order valence-corrected chi connectivity index (χ4v) is 6.24. The number of benzene rings is 2. The molecule has 0 aliphatic carbocycles. The number of sulfonamides is 1. The van der Waals surface area contributed by atoms with Gasteiger partial charge in [0.1, 0.15) is 5.60 Å². The second kappa shape index (κ2) is 10.1. The zero-order valence-electron chi connectivity index (χ0n) is 21.5. The molecule has 1 aromatic heterocycles. The van der Waals surface area contributed by atoms with Crippen LogP contribution in [0, 0.1) is 0 Å². The average molecular weight is 524 g/mol. The predicted molar refractivity (Wildman–Crippen MR) is 144 cm³/mol. The summed E-state index contributed by atoms with van der Waals surface area (Å²) in [6, 6.07) is 20.4. The van der Waals surface area contributed by atoms with E-state index in [-0.39, 0.29) is 11.6 Å². The summed E-state index contributed by atoms with van der Waals surface area (Å²) in [5.74, 6) is 0. The van der Waals surface area contributed by atoms with Gasteiger partial charge in [-0.15, -0.1) is 0 Å². The smallest absolute Gasteiger partial charge is 0.411 e. The third-order valence-corrected chi connectivity index (χ3v) is 7.66. The van der Waals surface area contributed by atoms with E-state index in [0.717, 1.165) is 28.5 Å². The summed E-state index contributed by atoms with van der Waals surface area (Å²) >= 11 is 0. The first kappa shape index (κ1) is 26.6. The summed E-state index contributed by atoms with van der Waals surface area (Å²) in [5.41, 5.74) is 1.69. The van der Waals surface area contributed by atoms with E-state index in [4.69, 9.17) is 4.74 Å². The Morgan fingerprint density at radius 1 is 1.03 bits per heavy atom. The quantitative estimate of drug-likeness (QED) is 0.450. The number of carbonyl (C=O) groups excluding carboxylic acids is 1. The number of nitrogens with one attached hydrogen (secondary N) is 2. The molecule has 1 unspecified atom stereocenters. The number of rotatable bonds is 8. The predicted octanol–water partition coefficient (Wildman–Crippen LogP) is 4.56. The van der Waals surface area contributed by atoms with Crippen molar-refractivity contribution in [2.75, 3.05) is 12.8 Å². The third-order valence-electron chi connectivity index (χ3n) is 6.74. The Morgan fingerprint density at radius 3 is 2.24 bits per heavy atom. The van der Waals surface area contributed by atoms with Crippen LogP contribution in [-0.4, -0.2) is 42.7 Å². The van der Waals surface area contributed by atoms with Gasteiger partial charge in [0.2, 0.25) is 15.6 Å². The van der Waals surface area contributed by atoms with Crippen molar-refractivity contribution in [2.24, 2.45) is 0 Å². The van der Waals surface area contributed by atoms with Crippen molar-refractivity contribution in [3.63, 3.8) is 0 Å². The van der Waals surface area contributed by atoms with Gasteiger partial charge in [-0.3, -0.25) is 4.79 Å². The summed E-state index contributed by atoms with van der Waals surface area (Å²) in [4.78, 5) is 29.1. The molecule has 0 saturated carbocycles. The Labute approximate surface area is 217 Å². The van der Waals surface area contributed by atoms with Crippen LogP contribution in [0.15, 0.2) is 77.7 Å². The van der Waals surface area contributed by atoms with Gasteiger partial charge in [0.25, 0.3) is 0 Å². The molecule has 37 heavy (non-hydrogen) atoms. The van der Waals surface area contributed by atoms with E-state index in [1.54, 1.807) is 31.0 Å². The Morgan fingerprint density at radius 2 is 1.68 bits per heavy atom. The first-order chi connectivity index (χ1) is 17.4. The number of H-pyrrole nitrogens is 1. The topological polar surface area (TPSA) is 109 Å². The normalized spacial score (nSPS) is 19.4. The molecule has 1 amide bonds. The molecule has 1 aliphatic rings. The fourth-order valence-electron chi connectivity index (χ4n) is 5.17. The molecule has 1 aliphatic heterocycles. The number of cyclic esters (lactones) is 1. The second-order valence-electron chi connectivity index (χ2n) is 10.3. The highest BCUT2D eigenvalue weighted by atomic mass is 32.2. The molecule has 0 radical (unpaired) electrons. The van der Waals surface area contributed by atoms with Crippen LogP contribution in [0.25, 0.3) is 11.1 Å².